The Hall–Kier alpha value is -1.86. The fraction of sp³-hybridized carbons (Fsp3) is 0.412. The van der Waals surface area contributed by atoms with Crippen molar-refractivity contribution < 1.29 is 9.21 Å². The van der Waals surface area contributed by atoms with Crippen LogP contribution in [0.2, 0.25) is 0 Å². The lowest BCUT2D eigenvalue weighted by atomic mass is 9.87. The van der Waals surface area contributed by atoms with Gasteiger partial charge in [-0.2, -0.15) is 0 Å². The largest absolute Gasteiger partial charge is 0.467 e. The number of amides is 1. The number of thiocarbonyl (C=S) groups is 1. The molecule has 0 saturated heterocycles. The van der Waals surface area contributed by atoms with E-state index in [1.54, 1.807) is 17.6 Å². The van der Waals surface area contributed by atoms with Gasteiger partial charge < -0.3 is 9.73 Å². The number of carbonyl (C=O) groups is 1. The summed E-state index contributed by atoms with van der Waals surface area (Å²) in [6.07, 6.45) is 6.21. The lowest BCUT2D eigenvalue weighted by molar-refractivity contribution is 0.0947. The minimum absolute atomic E-state index is 0.149. The Labute approximate surface area is 150 Å². The van der Waals surface area contributed by atoms with Crippen LogP contribution >= 0.6 is 23.6 Å². The highest BCUT2D eigenvalue weighted by Gasteiger charge is 2.22. The first kappa shape index (κ1) is 17.0. The molecule has 2 aromatic heterocycles. The molecule has 5 nitrogen and oxygen atoms in total. The van der Waals surface area contributed by atoms with E-state index in [9.17, 15) is 4.79 Å². The summed E-state index contributed by atoms with van der Waals surface area (Å²) in [4.78, 5) is 14.4. The standard InChI is InChI=1S/C17H21N3O2S2/c1-2-11-5-6-14-12(8-11)9-15(24-14)16(21)19-20-17(23)18-10-13-4-3-7-22-13/h3-4,7,9,11H,2,5-6,8,10H2,1H3,(H,19,21)(H2,18,20,23)/t11-/m0/s1. The van der Waals surface area contributed by atoms with Gasteiger partial charge in [0, 0.05) is 4.88 Å². The van der Waals surface area contributed by atoms with Crippen molar-refractivity contribution in [2.45, 2.75) is 39.2 Å². The van der Waals surface area contributed by atoms with E-state index in [2.05, 4.69) is 23.1 Å². The van der Waals surface area contributed by atoms with Crippen LogP contribution in [0.3, 0.4) is 0 Å². The summed E-state index contributed by atoms with van der Waals surface area (Å²) in [5.74, 6) is 1.38. The topological polar surface area (TPSA) is 66.3 Å². The van der Waals surface area contributed by atoms with E-state index in [-0.39, 0.29) is 5.91 Å². The molecule has 0 radical (unpaired) electrons. The summed E-state index contributed by atoms with van der Waals surface area (Å²) in [5, 5.41) is 3.32. The number of carbonyl (C=O) groups excluding carboxylic acids is 1. The second-order valence-electron chi connectivity index (χ2n) is 5.92. The number of hydrogen-bond donors (Lipinski definition) is 3. The van der Waals surface area contributed by atoms with Crippen molar-refractivity contribution in [3.63, 3.8) is 0 Å². The Kier molecular flexibility index (Phi) is 5.52. The summed E-state index contributed by atoms with van der Waals surface area (Å²) >= 11 is 6.73. The first-order chi connectivity index (χ1) is 11.7. The van der Waals surface area contributed by atoms with Gasteiger partial charge in [0.1, 0.15) is 5.76 Å². The molecular formula is C17H21N3O2S2. The number of furan rings is 1. The van der Waals surface area contributed by atoms with Crippen molar-refractivity contribution >= 4 is 34.6 Å². The van der Waals surface area contributed by atoms with Crippen LogP contribution in [0.4, 0.5) is 0 Å². The molecule has 3 rings (SSSR count). The highest BCUT2D eigenvalue weighted by Crippen LogP contribution is 2.33. The van der Waals surface area contributed by atoms with Gasteiger partial charge in [0.2, 0.25) is 0 Å². The fourth-order valence-corrected chi connectivity index (χ4v) is 4.09. The maximum absolute atomic E-state index is 12.3. The first-order valence-electron chi connectivity index (χ1n) is 8.14. The lowest BCUT2D eigenvalue weighted by Crippen LogP contribution is -2.46. The molecule has 128 valence electrons. The molecule has 0 spiro atoms. The van der Waals surface area contributed by atoms with Crippen molar-refractivity contribution in [1.82, 2.24) is 16.2 Å². The zero-order valence-electron chi connectivity index (χ0n) is 13.6. The summed E-state index contributed by atoms with van der Waals surface area (Å²) in [6, 6.07) is 5.70. The average Bonchev–Trinajstić information content (AvgIpc) is 3.26. The van der Waals surface area contributed by atoms with E-state index in [0.717, 1.165) is 29.4 Å². The van der Waals surface area contributed by atoms with Crippen molar-refractivity contribution in [3.05, 3.63) is 45.5 Å². The van der Waals surface area contributed by atoms with Crippen LogP contribution in [0.1, 0.15) is 45.6 Å². The van der Waals surface area contributed by atoms with E-state index < -0.39 is 0 Å². The van der Waals surface area contributed by atoms with E-state index in [4.69, 9.17) is 16.6 Å². The quantitative estimate of drug-likeness (QED) is 0.575. The highest BCUT2D eigenvalue weighted by atomic mass is 32.1. The summed E-state index contributed by atoms with van der Waals surface area (Å²) in [6.45, 7) is 2.71. The Morgan fingerprint density at radius 3 is 3.08 bits per heavy atom. The first-order valence-corrected chi connectivity index (χ1v) is 9.36. The van der Waals surface area contributed by atoms with E-state index in [1.807, 2.05) is 18.2 Å². The zero-order chi connectivity index (χ0) is 16.9. The van der Waals surface area contributed by atoms with Gasteiger partial charge >= 0.3 is 0 Å². The van der Waals surface area contributed by atoms with Crippen molar-refractivity contribution in [3.8, 4) is 0 Å². The Bertz CT molecular complexity index is 709. The minimum atomic E-state index is -0.149. The van der Waals surface area contributed by atoms with Crippen LogP contribution in [-0.2, 0) is 19.4 Å². The second-order valence-corrected chi connectivity index (χ2v) is 7.46. The molecule has 0 fully saturated rings. The fourth-order valence-electron chi connectivity index (χ4n) is 2.86. The predicted molar refractivity (Wildman–Crippen MR) is 98.9 cm³/mol. The third kappa shape index (κ3) is 4.15. The normalized spacial score (nSPS) is 16.3. The Morgan fingerprint density at radius 2 is 2.33 bits per heavy atom. The van der Waals surface area contributed by atoms with Crippen molar-refractivity contribution in [2.24, 2.45) is 5.92 Å². The molecule has 1 aliphatic carbocycles. The number of nitrogens with one attached hydrogen (secondary N) is 3. The van der Waals surface area contributed by atoms with Crippen LogP contribution in [0.15, 0.2) is 28.9 Å². The number of thiophene rings is 1. The average molecular weight is 364 g/mol. The van der Waals surface area contributed by atoms with Crippen LogP contribution in [-0.4, -0.2) is 11.0 Å². The number of hydrogen-bond acceptors (Lipinski definition) is 4. The van der Waals surface area contributed by atoms with Gasteiger partial charge in [-0.15, -0.1) is 11.3 Å². The third-order valence-electron chi connectivity index (χ3n) is 4.28. The molecule has 0 bridgehead atoms. The summed E-state index contributed by atoms with van der Waals surface area (Å²) in [7, 11) is 0. The molecule has 7 heteroatoms. The van der Waals surface area contributed by atoms with Gasteiger partial charge in [0.15, 0.2) is 5.11 Å². The van der Waals surface area contributed by atoms with Crippen LogP contribution in [0.25, 0.3) is 0 Å². The van der Waals surface area contributed by atoms with Gasteiger partial charge in [0.05, 0.1) is 17.7 Å². The van der Waals surface area contributed by atoms with Gasteiger partial charge in [-0.1, -0.05) is 13.3 Å². The highest BCUT2D eigenvalue weighted by molar-refractivity contribution is 7.80. The lowest BCUT2D eigenvalue weighted by Gasteiger charge is -2.19. The predicted octanol–water partition coefficient (Wildman–Crippen LogP) is 3.17. The van der Waals surface area contributed by atoms with Gasteiger partial charge in [-0.3, -0.25) is 15.6 Å². The molecular weight excluding hydrogens is 342 g/mol. The van der Waals surface area contributed by atoms with Crippen LogP contribution in [0.5, 0.6) is 0 Å². The third-order valence-corrected chi connectivity index (χ3v) is 5.76. The van der Waals surface area contributed by atoms with Crippen LogP contribution < -0.4 is 16.2 Å². The SMILES string of the molecule is CC[C@H]1CCc2sc(C(=O)NNC(=S)NCc3ccco3)cc2C1. The molecule has 3 N–H and O–H groups in total. The molecule has 0 saturated carbocycles. The maximum Gasteiger partial charge on any atom is 0.279 e. The van der Waals surface area contributed by atoms with Gasteiger partial charge in [-0.25, -0.2) is 0 Å². The number of rotatable bonds is 4. The number of aryl methyl sites for hydroxylation is 1. The molecule has 0 aromatic carbocycles. The van der Waals surface area contributed by atoms with Crippen molar-refractivity contribution in [2.75, 3.05) is 0 Å². The Morgan fingerprint density at radius 1 is 1.46 bits per heavy atom. The van der Waals surface area contributed by atoms with Crippen LogP contribution in [0, 0.1) is 5.92 Å². The molecule has 24 heavy (non-hydrogen) atoms. The molecule has 0 aliphatic heterocycles. The van der Waals surface area contributed by atoms with E-state index in [1.165, 1.54) is 23.3 Å². The molecule has 2 aromatic rings. The molecule has 1 atom stereocenters. The molecule has 1 amide bonds. The van der Waals surface area contributed by atoms with Gasteiger partial charge in [0.25, 0.3) is 5.91 Å². The maximum atomic E-state index is 12.3. The Balaban J connectivity index is 1.48. The van der Waals surface area contributed by atoms with Gasteiger partial charge in [-0.05, 0) is 61.2 Å². The zero-order valence-corrected chi connectivity index (χ0v) is 15.2. The number of fused-ring (bicyclic) bond motifs is 1. The van der Waals surface area contributed by atoms with E-state index >= 15 is 0 Å². The monoisotopic (exact) mass is 363 g/mol. The molecule has 2 heterocycles. The smallest absolute Gasteiger partial charge is 0.279 e. The number of hydrazine groups is 1. The van der Waals surface area contributed by atoms with E-state index in [0.29, 0.717) is 11.7 Å². The molecule has 1 aliphatic rings. The second kappa shape index (κ2) is 7.81. The summed E-state index contributed by atoms with van der Waals surface area (Å²) in [5.41, 5.74) is 6.71. The summed E-state index contributed by atoms with van der Waals surface area (Å²) < 4.78 is 5.21. The molecule has 0 unspecified atom stereocenters. The van der Waals surface area contributed by atoms with Crippen molar-refractivity contribution in [1.29, 1.82) is 0 Å². The minimum Gasteiger partial charge on any atom is -0.467 e.